The van der Waals surface area contributed by atoms with Gasteiger partial charge in [0, 0.05) is 17.2 Å². The van der Waals surface area contributed by atoms with Gasteiger partial charge in [0.05, 0.1) is 16.0 Å². The first-order valence-electron chi connectivity index (χ1n) is 7.37. The molecule has 1 aliphatic rings. The van der Waals surface area contributed by atoms with Gasteiger partial charge in [-0.25, -0.2) is 9.98 Å². The summed E-state index contributed by atoms with van der Waals surface area (Å²) in [5, 5.41) is 14.2. The van der Waals surface area contributed by atoms with Gasteiger partial charge < -0.3 is 5.73 Å². The molecule has 1 aromatic heterocycles. The fourth-order valence-electron chi connectivity index (χ4n) is 2.92. The number of nitrogens with zero attached hydrogens (tertiary/aromatic N) is 4. The van der Waals surface area contributed by atoms with Crippen LogP contribution in [0.5, 0.6) is 0 Å². The van der Waals surface area contributed by atoms with Crippen molar-refractivity contribution in [2.45, 2.75) is 13.1 Å². The summed E-state index contributed by atoms with van der Waals surface area (Å²) in [7, 11) is 0. The van der Waals surface area contributed by atoms with Gasteiger partial charge in [-0.15, -0.1) is 0 Å². The van der Waals surface area contributed by atoms with E-state index in [4.69, 9.17) is 5.73 Å². The molecular weight excluding hydrogens is 308 g/mol. The Kier molecular flexibility index (Phi) is 2.99. The number of nitrogens with one attached hydrogen (secondary N) is 1. The highest BCUT2D eigenvalue weighted by molar-refractivity contribution is 5.94. The molecule has 8 nitrogen and oxygen atoms in total. The number of aromatic nitrogens is 2. The van der Waals surface area contributed by atoms with Crippen molar-refractivity contribution in [2.75, 3.05) is 5.32 Å². The van der Waals surface area contributed by atoms with Crippen molar-refractivity contribution >= 4 is 28.6 Å². The van der Waals surface area contributed by atoms with Crippen LogP contribution in [0.4, 0.5) is 11.6 Å². The van der Waals surface area contributed by atoms with Crippen LogP contribution in [0.25, 0.3) is 11.0 Å². The fourth-order valence-corrected chi connectivity index (χ4v) is 2.92. The van der Waals surface area contributed by atoms with Crippen LogP contribution in [-0.4, -0.2) is 20.4 Å². The lowest BCUT2D eigenvalue weighted by Crippen LogP contribution is -2.31. The smallest absolute Gasteiger partial charge is 0.272 e. The minimum absolute atomic E-state index is 0.0609. The summed E-state index contributed by atoms with van der Waals surface area (Å²) >= 11 is 0. The van der Waals surface area contributed by atoms with Crippen molar-refractivity contribution in [3.63, 3.8) is 0 Å². The van der Waals surface area contributed by atoms with Gasteiger partial charge in [-0.1, -0.05) is 24.3 Å². The third kappa shape index (κ3) is 2.08. The summed E-state index contributed by atoms with van der Waals surface area (Å²) in [6.07, 6.45) is -0.507. The minimum Gasteiger partial charge on any atom is -0.370 e. The van der Waals surface area contributed by atoms with E-state index in [1.807, 2.05) is 34.9 Å². The van der Waals surface area contributed by atoms with E-state index in [2.05, 4.69) is 15.3 Å². The summed E-state index contributed by atoms with van der Waals surface area (Å²) < 4.78 is 1.89. The number of fused-ring (bicyclic) bond motifs is 3. The Bertz CT molecular complexity index is 1010. The Labute approximate surface area is 136 Å². The molecule has 0 radical (unpaired) electrons. The number of aliphatic imine (C=N–C) groups is 1. The number of benzene rings is 2. The fraction of sp³-hybridized carbons (Fsp3) is 0.125. The molecule has 24 heavy (non-hydrogen) atoms. The van der Waals surface area contributed by atoms with E-state index in [0.717, 1.165) is 11.0 Å². The van der Waals surface area contributed by atoms with Crippen molar-refractivity contribution in [1.82, 2.24) is 9.55 Å². The number of guanidine groups is 1. The predicted octanol–water partition coefficient (Wildman–Crippen LogP) is 2.54. The molecule has 0 unspecified atom stereocenters. The van der Waals surface area contributed by atoms with Gasteiger partial charge in [0.2, 0.25) is 5.95 Å². The zero-order valence-corrected chi connectivity index (χ0v) is 12.8. The first kappa shape index (κ1) is 14.2. The third-order valence-corrected chi connectivity index (χ3v) is 4.07. The molecule has 4 rings (SSSR count). The number of aryl methyl sites for hydroxylation is 1. The van der Waals surface area contributed by atoms with Crippen LogP contribution in [0.3, 0.4) is 0 Å². The number of nitro groups is 1. The molecule has 8 heteroatoms. The lowest BCUT2D eigenvalue weighted by Gasteiger charge is -2.23. The zero-order valence-electron chi connectivity index (χ0n) is 12.8. The Hall–Kier alpha value is -3.42. The molecule has 0 spiro atoms. The highest BCUT2D eigenvalue weighted by atomic mass is 16.6. The van der Waals surface area contributed by atoms with Crippen LogP contribution in [-0.2, 0) is 0 Å². The predicted molar refractivity (Wildman–Crippen MR) is 91.0 cm³/mol. The Balaban J connectivity index is 1.94. The molecule has 3 N–H and O–H groups in total. The van der Waals surface area contributed by atoms with Gasteiger partial charge in [0.25, 0.3) is 5.69 Å². The second-order valence-electron chi connectivity index (χ2n) is 5.61. The molecule has 0 aliphatic carbocycles. The molecule has 0 amide bonds. The highest BCUT2D eigenvalue weighted by Crippen LogP contribution is 2.34. The monoisotopic (exact) mass is 322 g/mol. The van der Waals surface area contributed by atoms with Crippen molar-refractivity contribution in [3.05, 3.63) is 63.7 Å². The SMILES string of the molecule is Cc1ccc([C@@H]2N=C(N)Nc3nc4ccccc4n32)cc1[N+](=O)[O-]. The van der Waals surface area contributed by atoms with Gasteiger partial charge in [0.15, 0.2) is 12.1 Å². The van der Waals surface area contributed by atoms with E-state index < -0.39 is 6.17 Å². The standard InChI is InChI=1S/C16H14N6O2/c1-9-6-7-10(8-13(9)22(23)24)14-19-15(17)20-16-18-11-4-2-3-5-12(11)21(14)16/h2-8,14H,1H3,(H3,17,18,19,20)/t14-/m1/s1. The zero-order chi connectivity index (χ0) is 16.8. The summed E-state index contributed by atoms with van der Waals surface area (Å²) in [6.45, 7) is 1.71. The number of hydrogen-bond donors (Lipinski definition) is 2. The Morgan fingerprint density at radius 3 is 2.88 bits per heavy atom. The van der Waals surface area contributed by atoms with E-state index in [0.29, 0.717) is 17.1 Å². The molecule has 2 aromatic carbocycles. The maximum absolute atomic E-state index is 11.2. The molecule has 3 aromatic rings. The molecule has 2 heterocycles. The quantitative estimate of drug-likeness (QED) is 0.556. The van der Waals surface area contributed by atoms with E-state index in [9.17, 15) is 10.1 Å². The van der Waals surface area contributed by atoms with Gasteiger partial charge in [-0.2, -0.15) is 0 Å². The van der Waals surface area contributed by atoms with Crippen LogP contribution in [0.15, 0.2) is 47.5 Å². The maximum Gasteiger partial charge on any atom is 0.272 e. The number of hydrogen-bond acceptors (Lipinski definition) is 6. The normalized spacial score (nSPS) is 16.4. The highest BCUT2D eigenvalue weighted by Gasteiger charge is 2.26. The van der Waals surface area contributed by atoms with E-state index in [-0.39, 0.29) is 16.6 Å². The Morgan fingerprint density at radius 1 is 1.29 bits per heavy atom. The lowest BCUT2D eigenvalue weighted by atomic mass is 10.1. The molecule has 0 fully saturated rings. The number of rotatable bonds is 2. The molecule has 1 atom stereocenters. The van der Waals surface area contributed by atoms with Gasteiger partial charge in [-0.05, 0) is 19.1 Å². The van der Waals surface area contributed by atoms with Crippen LogP contribution >= 0.6 is 0 Å². The number of nitro benzene ring substituents is 1. The first-order chi connectivity index (χ1) is 11.5. The van der Waals surface area contributed by atoms with Crippen molar-refractivity contribution < 1.29 is 4.92 Å². The molecule has 1 aliphatic heterocycles. The summed E-state index contributed by atoms with van der Waals surface area (Å²) in [5.74, 6) is 0.794. The molecule has 0 bridgehead atoms. The number of nitrogens with two attached hydrogens (primary N) is 1. The second kappa shape index (κ2) is 5.05. The summed E-state index contributed by atoms with van der Waals surface area (Å²) in [4.78, 5) is 19.8. The molecule has 0 saturated carbocycles. The van der Waals surface area contributed by atoms with E-state index >= 15 is 0 Å². The Morgan fingerprint density at radius 2 is 2.08 bits per heavy atom. The van der Waals surface area contributed by atoms with Crippen molar-refractivity contribution in [1.29, 1.82) is 0 Å². The largest absolute Gasteiger partial charge is 0.370 e. The number of para-hydroxylation sites is 2. The summed E-state index contributed by atoms with van der Waals surface area (Å²) in [6, 6.07) is 12.7. The first-order valence-corrected chi connectivity index (χ1v) is 7.37. The lowest BCUT2D eigenvalue weighted by molar-refractivity contribution is -0.385. The van der Waals surface area contributed by atoms with Crippen LogP contribution < -0.4 is 11.1 Å². The van der Waals surface area contributed by atoms with Crippen LogP contribution in [0.1, 0.15) is 17.3 Å². The molecular formula is C16H14N6O2. The van der Waals surface area contributed by atoms with Crippen molar-refractivity contribution in [3.8, 4) is 0 Å². The van der Waals surface area contributed by atoms with Crippen LogP contribution in [0.2, 0.25) is 0 Å². The van der Waals surface area contributed by atoms with Gasteiger partial charge >= 0.3 is 0 Å². The van der Waals surface area contributed by atoms with Gasteiger partial charge in [0.1, 0.15) is 0 Å². The van der Waals surface area contributed by atoms with E-state index in [1.165, 1.54) is 0 Å². The molecule has 0 saturated heterocycles. The average molecular weight is 322 g/mol. The van der Waals surface area contributed by atoms with Crippen LogP contribution in [0, 0.1) is 17.0 Å². The average Bonchev–Trinajstić information content (AvgIpc) is 2.92. The van der Waals surface area contributed by atoms with E-state index in [1.54, 1.807) is 19.1 Å². The topological polar surface area (TPSA) is 111 Å². The number of imidazole rings is 1. The van der Waals surface area contributed by atoms with Crippen molar-refractivity contribution in [2.24, 2.45) is 10.7 Å². The minimum atomic E-state index is -0.507. The third-order valence-electron chi connectivity index (χ3n) is 4.07. The van der Waals surface area contributed by atoms with Gasteiger partial charge in [-0.3, -0.25) is 20.0 Å². The number of anilines is 1. The molecule has 120 valence electrons. The summed E-state index contributed by atoms with van der Waals surface area (Å²) in [5.41, 5.74) is 8.90. The maximum atomic E-state index is 11.2. The second-order valence-corrected chi connectivity index (χ2v) is 5.61.